The van der Waals surface area contributed by atoms with Crippen LogP contribution in [0.4, 0.5) is 5.69 Å². The highest BCUT2D eigenvalue weighted by Crippen LogP contribution is 2.64. The van der Waals surface area contributed by atoms with Crippen molar-refractivity contribution in [1.82, 2.24) is 0 Å². The standard InChI is InChI=1S/C24H15ClN2O4/c25-13-9-11-14(12-10-13)26-22(28)20-19-15-5-1-3-7-17(15)24(27(30)31,21(20)23(26)29)18-8-4-2-6-16(18)19/h1-12,19-21H/t19?,20-,21+,24?/m0/s1. The van der Waals surface area contributed by atoms with Gasteiger partial charge in [-0.15, -0.1) is 0 Å². The number of hydrogen-bond donors (Lipinski definition) is 0. The van der Waals surface area contributed by atoms with E-state index < -0.39 is 35.1 Å². The fourth-order valence-corrected chi connectivity index (χ4v) is 6.01. The summed E-state index contributed by atoms with van der Waals surface area (Å²) >= 11 is 5.98. The van der Waals surface area contributed by atoms with Crippen molar-refractivity contribution in [2.75, 3.05) is 4.90 Å². The number of carbonyl (C=O) groups excluding carboxylic acids is 2. The van der Waals surface area contributed by atoms with Crippen LogP contribution in [0.2, 0.25) is 5.02 Å². The number of carbonyl (C=O) groups is 2. The number of amides is 2. The van der Waals surface area contributed by atoms with Gasteiger partial charge in [-0.1, -0.05) is 60.1 Å². The summed E-state index contributed by atoms with van der Waals surface area (Å²) in [6.45, 7) is 0. The molecule has 0 radical (unpaired) electrons. The first-order valence-corrected chi connectivity index (χ1v) is 10.3. The molecule has 7 rings (SSSR count). The Morgan fingerprint density at radius 2 is 1.39 bits per heavy atom. The van der Waals surface area contributed by atoms with Crippen molar-refractivity contribution in [1.29, 1.82) is 0 Å². The largest absolute Gasteiger partial charge is 0.285 e. The Labute approximate surface area is 182 Å². The molecule has 1 fully saturated rings. The van der Waals surface area contributed by atoms with Crippen LogP contribution in [0.3, 0.4) is 0 Å². The van der Waals surface area contributed by atoms with Crippen molar-refractivity contribution in [2.45, 2.75) is 11.5 Å². The lowest BCUT2D eigenvalue weighted by atomic mass is 9.51. The molecule has 2 atom stereocenters. The third-order valence-electron chi connectivity index (χ3n) is 6.95. The van der Waals surface area contributed by atoms with Gasteiger partial charge < -0.3 is 0 Å². The van der Waals surface area contributed by atoms with Crippen LogP contribution in [0.5, 0.6) is 0 Å². The Morgan fingerprint density at radius 3 is 1.94 bits per heavy atom. The van der Waals surface area contributed by atoms with E-state index in [1.165, 1.54) is 0 Å². The SMILES string of the molecule is O=C1[C@H]2C3c4ccccc4C([N+](=O)[O-])(c4ccccc43)[C@H]2C(=O)N1c1ccc(Cl)cc1. The summed E-state index contributed by atoms with van der Waals surface area (Å²) in [6, 6.07) is 20.7. The highest BCUT2D eigenvalue weighted by molar-refractivity contribution is 6.31. The Hall–Kier alpha value is -3.51. The van der Waals surface area contributed by atoms with Crippen LogP contribution in [0, 0.1) is 22.0 Å². The molecule has 1 aliphatic heterocycles. The fraction of sp³-hybridized carbons (Fsp3) is 0.167. The molecule has 3 aromatic rings. The van der Waals surface area contributed by atoms with E-state index in [1.54, 1.807) is 48.5 Å². The summed E-state index contributed by atoms with van der Waals surface area (Å²) in [5.74, 6) is -3.30. The van der Waals surface area contributed by atoms with Crippen LogP contribution >= 0.6 is 11.6 Å². The summed E-state index contributed by atoms with van der Waals surface area (Å²) in [5, 5.41) is 13.3. The number of imide groups is 1. The summed E-state index contributed by atoms with van der Waals surface area (Å²) in [4.78, 5) is 41.0. The van der Waals surface area contributed by atoms with Gasteiger partial charge in [0.1, 0.15) is 5.92 Å². The first-order valence-electron chi connectivity index (χ1n) is 9.94. The molecular weight excluding hydrogens is 416 g/mol. The van der Waals surface area contributed by atoms with Crippen LogP contribution in [0.25, 0.3) is 0 Å². The maximum Gasteiger partial charge on any atom is 0.285 e. The molecule has 0 unspecified atom stereocenters. The van der Waals surface area contributed by atoms with E-state index >= 15 is 0 Å². The zero-order chi connectivity index (χ0) is 21.5. The predicted octanol–water partition coefficient (Wildman–Crippen LogP) is 4.13. The van der Waals surface area contributed by atoms with Crippen LogP contribution < -0.4 is 4.90 Å². The average Bonchev–Trinajstić information content (AvgIpc) is 3.05. The van der Waals surface area contributed by atoms with Gasteiger partial charge in [-0.3, -0.25) is 19.7 Å². The molecule has 3 aliphatic carbocycles. The van der Waals surface area contributed by atoms with Crippen molar-refractivity contribution in [3.63, 3.8) is 0 Å². The monoisotopic (exact) mass is 430 g/mol. The highest BCUT2D eigenvalue weighted by Gasteiger charge is 2.74. The predicted molar refractivity (Wildman–Crippen MR) is 113 cm³/mol. The zero-order valence-electron chi connectivity index (χ0n) is 16.1. The highest BCUT2D eigenvalue weighted by atomic mass is 35.5. The van der Waals surface area contributed by atoms with E-state index in [9.17, 15) is 19.7 Å². The molecule has 31 heavy (non-hydrogen) atoms. The lowest BCUT2D eigenvalue weighted by Crippen LogP contribution is -2.57. The van der Waals surface area contributed by atoms with E-state index in [-0.39, 0.29) is 4.92 Å². The van der Waals surface area contributed by atoms with Gasteiger partial charge in [0.25, 0.3) is 5.54 Å². The fourth-order valence-electron chi connectivity index (χ4n) is 5.89. The summed E-state index contributed by atoms with van der Waals surface area (Å²) in [5.41, 5.74) is 1.07. The first-order chi connectivity index (χ1) is 15.0. The molecule has 3 aromatic carbocycles. The average molecular weight is 431 g/mol. The minimum Gasteiger partial charge on any atom is -0.274 e. The van der Waals surface area contributed by atoms with E-state index in [0.717, 1.165) is 16.0 Å². The number of benzene rings is 3. The van der Waals surface area contributed by atoms with E-state index in [1.807, 2.05) is 24.3 Å². The molecule has 0 aromatic heterocycles. The molecule has 6 nitrogen and oxygen atoms in total. The van der Waals surface area contributed by atoms with Crippen LogP contribution in [-0.4, -0.2) is 16.7 Å². The van der Waals surface area contributed by atoms with Gasteiger partial charge in [0.15, 0.2) is 0 Å². The minimum absolute atomic E-state index is 0.367. The Balaban J connectivity index is 1.67. The second-order valence-electron chi connectivity index (χ2n) is 8.17. The smallest absolute Gasteiger partial charge is 0.274 e. The summed E-state index contributed by atoms with van der Waals surface area (Å²) < 4.78 is 0. The summed E-state index contributed by atoms with van der Waals surface area (Å²) in [6.07, 6.45) is 0. The minimum atomic E-state index is -1.81. The number of hydrogen-bond acceptors (Lipinski definition) is 4. The van der Waals surface area contributed by atoms with E-state index in [2.05, 4.69) is 0 Å². The molecule has 152 valence electrons. The normalized spacial score (nSPS) is 27.6. The molecule has 7 heteroatoms. The van der Waals surface area contributed by atoms with Gasteiger partial charge in [0, 0.05) is 27.0 Å². The van der Waals surface area contributed by atoms with Gasteiger partial charge in [-0.2, -0.15) is 0 Å². The van der Waals surface area contributed by atoms with Crippen molar-refractivity contribution in [3.8, 4) is 0 Å². The number of nitro groups is 1. The molecule has 1 heterocycles. The van der Waals surface area contributed by atoms with E-state index in [0.29, 0.717) is 21.8 Å². The third kappa shape index (κ3) is 2.03. The van der Waals surface area contributed by atoms with Crippen molar-refractivity contribution in [3.05, 3.63) is 110 Å². The lowest BCUT2D eigenvalue weighted by Gasteiger charge is -2.48. The number of rotatable bonds is 2. The number of nitrogens with zero attached hydrogens (tertiary/aromatic N) is 2. The molecule has 0 N–H and O–H groups in total. The van der Waals surface area contributed by atoms with Crippen molar-refractivity contribution < 1.29 is 14.5 Å². The maximum atomic E-state index is 13.7. The lowest BCUT2D eigenvalue weighted by molar-refractivity contribution is -0.578. The second-order valence-corrected chi connectivity index (χ2v) is 8.60. The van der Waals surface area contributed by atoms with Crippen molar-refractivity contribution >= 4 is 29.1 Å². The molecular formula is C24H15ClN2O4. The zero-order valence-corrected chi connectivity index (χ0v) is 16.8. The first kappa shape index (κ1) is 18.3. The van der Waals surface area contributed by atoms with Gasteiger partial charge in [0.2, 0.25) is 11.8 Å². The Bertz CT molecular complexity index is 1260. The van der Waals surface area contributed by atoms with Gasteiger partial charge in [-0.05, 0) is 35.4 Å². The van der Waals surface area contributed by atoms with Gasteiger partial charge in [0.05, 0.1) is 11.6 Å². The molecule has 0 saturated carbocycles. The van der Waals surface area contributed by atoms with Crippen LogP contribution in [-0.2, 0) is 15.1 Å². The molecule has 4 aliphatic rings. The third-order valence-corrected chi connectivity index (χ3v) is 7.20. The van der Waals surface area contributed by atoms with E-state index in [4.69, 9.17) is 11.6 Å². The van der Waals surface area contributed by atoms with Crippen LogP contribution in [0.1, 0.15) is 28.2 Å². The molecule has 0 spiro atoms. The summed E-state index contributed by atoms with van der Waals surface area (Å²) in [7, 11) is 0. The van der Waals surface area contributed by atoms with Crippen molar-refractivity contribution in [2.24, 2.45) is 11.8 Å². The molecule has 1 saturated heterocycles. The maximum absolute atomic E-state index is 13.7. The second kappa shape index (κ2) is 6.02. The topological polar surface area (TPSA) is 80.5 Å². The molecule has 2 bridgehead atoms. The quantitative estimate of drug-likeness (QED) is 0.348. The molecule has 2 amide bonds. The Kier molecular flexibility index (Phi) is 3.55. The van der Waals surface area contributed by atoms with Gasteiger partial charge in [-0.25, -0.2) is 4.90 Å². The number of halogens is 1. The Morgan fingerprint density at radius 1 is 0.839 bits per heavy atom. The van der Waals surface area contributed by atoms with Gasteiger partial charge >= 0.3 is 0 Å². The number of anilines is 1. The van der Waals surface area contributed by atoms with Crippen LogP contribution in [0.15, 0.2) is 72.8 Å².